The zero-order chi connectivity index (χ0) is 20.7. The fraction of sp³-hybridized carbons (Fsp3) is 0.375. The van der Waals surface area contributed by atoms with Crippen molar-refractivity contribution in [2.45, 2.75) is 38.6 Å². The Balaban J connectivity index is 1.48. The van der Waals surface area contributed by atoms with Gasteiger partial charge in [0.2, 0.25) is 0 Å². The molecule has 1 unspecified atom stereocenters. The van der Waals surface area contributed by atoms with Crippen LogP contribution in [0.3, 0.4) is 0 Å². The fourth-order valence-corrected chi connectivity index (χ4v) is 3.81. The van der Waals surface area contributed by atoms with E-state index in [-0.39, 0.29) is 11.7 Å². The molecule has 0 saturated heterocycles. The summed E-state index contributed by atoms with van der Waals surface area (Å²) in [6.45, 7) is 2.92. The quantitative estimate of drug-likeness (QED) is 0.583. The average molecular weight is 402 g/mol. The molecule has 5 rings (SSSR count). The summed E-state index contributed by atoms with van der Waals surface area (Å²) in [5.41, 5.74) is 9.26. The Morgan fingerprint density at radius 2 is 1.93 bits per heavy atom. The lowest BCUT2D eigenvalue weighted by atomic mass is 10.0. The number of nitrogens with zero attached hydrogens (tertiary/aromatic N) is 2. The summed E-state index contributed by atoms with van der Waals surface area (Å²) in [6, 6.07) is 14.4. The summed E-state index contributed by atoms with van der Waals surface area (Å²) in [6.07, 6.45) is 4.96. The Kier molecular flexibility index (Phi) is 4.77. The molecule has 2 aliphatic rings. The van der Waals surface area contributed by atoms with E-state index in [1.165, 1.54) is 25.7 Å². The molecule has 2 saturated carbocycles. The highest BCUT2D eigenvalue weighted by atomic mass is 16.5. The van der Waals surface area contributed by atoms with Crippen molar-refractivity contribution in [3.05, 3.63) is 48.2 Å². The van der Waals surface area contributed by atoms with Crippen LogP contribution in [-0.4, -0.2) is 28.8 Å². The first-order valence-corrected chi connectivity index (χ1v) is 10.7. The minimum Gasteiger partial charge on any atom is -0.493 e. The number of anilines is 1. The van der Waals surface area contributed by atoms with Crippen molar-refractivity contribution >= 4 is 22.5 Å². The van der Waals surface area contributed by atoms with E-state index in [1.54, 1.807) is 0 Å². The van der Waals surface area contributed by atoms with Crippen LogP contribution in [0.5, 0.6) is 5.75 Å². The van der Waals surface area contributed by atoms with Crippen molar-refractivity contribution in [3.8, 4) is 16.9 Å². The van der Waals surface area contributed by atoms with Crippen LogP contribution in [0.4, 0.5) is 5.69 Å². The van der Waals surface area contributed by atoms with E-state index in [9.17, 15) is 4.79 Å². The van der Waals surface area contributed by atoms with E-state index in [1.807, 2.05) is 30.3 Å². The topological polar surface area (TPSA) is 90.1 Å². The van der Waals surface area contributed by atoms with Crippen LogP contribution >= 0.6 is 0 Å². The van der Waals surface area contributed by atoms with Crippen molar-refractivity contribution in [1.82, 2.24) is 10.2 Å². The molecular formula is C24H26N4O2. The maximum Gasteiger partial charge on any atom is 0.271 e. The molecule has 0 spiro atoms. The summed E-state index contributed by atoms with van der Waals surface area (Å²) < 4.78 is 5.92. The number of fused-ring (bicyclic) bond motifs is 1. The molecule has 6 nitrogen and oxygen atoms in total. The molecule has 2 aromatic carbocycles. The van der Waals surface area contributed by atoms with Gasteiger partial charge in [-0.15, -0.1) is 10.2 Å². The molecule has 1 heterocycles. The van der Waals surface area contributed by atoms with Gasteiger partial charge in [-0.1, -0.05) is 18.2 Å². The number of hydrogen-bond donors (Lipinski definition) is 2. The third-order valence-corrected chi connectivity index (χ3v) is 6.05. The molecule has 154 valence electrons. The number of rotatable bonds is 8. The van der Waals surface area contributed by atoms with Gasteiger partial charge in [0, 0.05) is 11.4 Å². The van der Waals surface area contributed by atoms with E-state index in [4.69, 9.17) is 10.5 Å². The summed E-state index contributed by atoms with van der Waals surface area (Å²) in [4.78, 5) is 11.9. The van der Waals surface area contributed by atoms with E-state index < -0.39 is 5.91 Å². The Labute approximate surface area is 175 Å². The highest BCUT2D eigenvalue weighted by molar-refractivity contribution is 6.05. The number of nitrogens with two attached hydrogens (primary N) is 1. The summed E-state index contributed by atoms with van der Waals surface area (Å²) in [5, 5.41) is 12.8. The second-order valence-corrected chi connectivity index (χ2v) is 8.57. The molecule has 2 fully saturated rings. The lowest BCUT2D eigenvalue weighted by Crippen LogP contribution is -2.23. The van der Waals surface area contributed by atoms with Crippen molar-refractivity contribution in [1.29, 1.82) is 0 Å². The van der Waals surface area contributed by atoms with Crippen LogP contribution in [0.15, 0.2) is 42.5 Å². The van der Waals surface area contributed by atoms with Crippen LogP contribution in [0.25, 0.3) is 22.0 Å². The van der Waals surface area contributed by atoms with Gasteiger partial charge in [-0.2, -0.15) is 0 Å². The Bertz CT molecular complexity index is 1110. The average Bonchev–Trinajstić information content (AvgIpc) is 3.65. The van der Waals surface area contributed by atoms with Gasteiger partial charge < -0.3 is 15.8 Å². The highest BCUT2D eigenvalue weighted by Crippen LogP contribution is 2.36. The summed E-state index contributed by atoms with van der Waals surface area (Å²) in [7, 11) is 0. The zero-order valence-corrected chi connectivity index (χ0v) is 17.1. The Morgan fingerprint density at radius 1 is 1.13 bits per heavy atom. The smallest absolute Gasteiger partial charge is 0.271 e. The van der Waals surface area contributed by atoms with Crippen LogP contribution in [0, 0.1) is 11.8 Å². The third-order valence-electron chi connectivity index (χ3n) is 6.05. The van der Waals surface area contributed by atoms with Gasteiger partial charge >= 0.3 is 0 Å². The lowest BCUT2D eigenvalue weighted by molar-refractivity contribution is 0.0995. The number of amides is 1. The van der Waals surface area contributed by atoms with Gasteiger partial charge in [0.25, 0.3) is 5.91 Å². The van der Waals surface area contributed by atoms with Gasteiger partial charge in [-0.05, 0) is 79.8 Å². The Morgan fingerprint density at radius 3 is 2.67 bits per heavy atom. The largest absolute Gasteiger partial charge is 0.493 e. The highest BCUT2D eigenvalue weighted by Gasteiger charge is 2.29. The van der Waals surface area contributed by atoms with E-state index in [2.05, 4.69) is 34.6 Å². The number of hydrogen-bond acceptors (Lipinski definition) is 5. The van der Waals surface area contributed by atoms with Gasteiger partial charge in [0.1, 0.15) is 5.75 Å². The van der Waals surface area contributed by atoms with Crippen LogP contribution in [0.1, 0.15) is 43.1 Å². The molecule has 3 aromatic rings. The first kappa shape index (κ1) is 18.9. The van der Waals surface area contributed by atoms with Gasteiger partial charge in [0.05, 0.1) is 17.8 Å². The van der Waals surface area contributed by atoms with Crippen LogP contribution in [-0.2, 0) is 0 Å². The van der Waals surface area contributed by atoms with Crippen molar-refractivity contribution < 1.29 is 9.53 Å². The predicted octanol–water partition coefficient (Wildman–Crippen LogP) is 4.39. The first-order valence-electron chi connectivity index (χ1n) is 10.7. The van der Waals surface area contributed by atoms with Crippen molar-refractivity contribution in [2.24, 2.45) is 17.6 Å². The Hall–Kier alpha value is -3.15. The summed E-state index contributed by atoms with van der Waals surface area (Å²) in [5.74, 6) is 1.66. The van der Waals surface area contributed by atoms with Gasteiger partial charge in [-0.25, -0.2) is 0 Å². The molecule has 2 aliphatic carbocycles. The second-order valence-electron chi connectivity index (χ2n) is 8.57. The minimum atomic E-state index is -0.570. The molecule has 30 heavy (non-hydrogen) atoms. The molecule has 0 bridgehead atoms. The maximum atomic E-state index is 11.9. The SMILES string of the molecule is CC(Nc1c(C(N)=O)nnc2cc(-c3cccc(OCC4CC4)c3)ccc12)C1CC1. The first-order chi connectivity index (χ1) is 14.6. The normalized spacial score (nSPS) is 17.0. The minimum absolute atomic E-state index is 0.193. The number of nitrogens with one attached hydrogen (secondary N) is 1. The molecule has 6 heteroatoms. The number of carbonyl (C=O) groups is 1. The zero-order valence-electron chi connectivity index (χ0n) is 17.1. The van der Waals surface area contributed by atoms with Crippen LogP contribution < -0.4 is 15.8 Å². The molecule has 0 radical (unpaired) electrons. The van der Waals surface area contributed by atoms with E-state index in [0.717, 1.165) is 34.4 Å². The molecule has 1 atom stereocenters. The van der Waals surface area contributed by atoms with E-state index >= 15 is 0 Å². The van der Waals surface area contributed by atoms with Crippen molar-refractivity contribution in [3.63, 3.8) is 0 Å². The predicted molar refractivity (Wildman–Crippen MR) is 118 cm³/mol. The van der Waals surface area contributed by atoms with E-state index in [0.29, 0.717) is 17.5 Å². The molecular weight excluding hydrogens is 376 g/mol. The van der Waals surface area contributed by atoms with Crippen molar-refractivity contribution in [2.75, 3.05) is 11.9 Å². The molecule has 1 aromatic heterocycles. The van der Waals surface area contributed by atoms with Crippen LogP contribution in [0.2, 0.25) is 0 Å². The fourth-order valence-electron chi connectivity index (χ4n) is 3.81. The third kappa shape index (κ3) is 3.95. The number of benzene rings is 2. The molecule has 1 amide bonds. The number of carbonyl (C=O) groups excluding carboxylic acids is 1. The van der Waals surface area contributed by atoms with Gasteiger partial charge in [0.15, 0.2) is 5.69 Å². The lowest BCUT2D eigenvalue weighted by Gasteiger charge is -2.18. The molecule has 0 aliphatic heterocycles. The number of ether oxygens (including phenoxy) is 1. The maximum absolute atomic E-state index is 11.9. The molecule has 3 N–H and O–H groups in total. The number of primary amides is 1. The second kappa shape index (κ2) is 7.59. The standard InChI is InChI=1S/C24H26N4O2/c1-14(16-7-8-16)26-22-20-10-9-18(12-21(20)27-28-23(22)24(25)29)17-3-2-4-19(11-17)30-13-15-5-6-15/h2-4,9-12,14-16H,5-8,13H2,1H3,(H2,25,29)(H,26,27). The number of aromatic nitrogens is 2. The monoisotopic (exact) mass is 402 g/mol. The van der Waals surface area contributed by atoms with Gasteiger partial charge in [-0.3, -0.25) is 4.79 Å². The summed E-state index contributed by atoms with van der Waals surface area (Å²) >= 11 is 0.